The van der Waals surface area contributed by atoms with Crippen LogP contribution in [0.4, 0.5) is 0 Å². The fraction of sp³-hybridized carbons (Fsp3) is 0.444. The molecule has 0 unspecified atom stereocenters. The van der Waals surface area contributed by atoms with Gasteiger partial charge in [-0.1, -0.05) is 0 Å². The van der Waals surface area contributed by atoms with Crippen molar-refractivity contribution in [3.8, 4) is 5.88 Å². The number of hydrogen-bond donors (Lipinski definition) is 1. The van der Waals surface area contributed by atoms with Crippen LogP contribution in [0.5, 0.6) is 5.88 Å². The molecular weight excluding hydrogens is 184 g/mol. The number of nitrogens with zero attached hydrogens (tertiary/aromatic N) is 2. The Morgan fingerprint density at radius 3 is 3.07 bits per heavy atom. The lowest BCUT2D eigenvalue weighted by atomic mass is 10.5. The molecule has 1 aromatic rings. The average Bonchev–Trinajstić information content (AvgIpc) is 2.99. The predicted molar refractivity (Wildman–Crippen MR) is 47.2 cm³/mol. The Kier molecular flexibility index (Phi) is 2.30. The van der Waals surface area contributed by atoms with Crippen LogP contribution in [-0.4, -0.2) is 27.7 Å². The van der Waals surface area contributed by atoms with Crippen LogP contribution in [0, 0.1) is 5.92 Å². The van der Waals surface area contributed by atoms with Crippen molar-refractivity contribution in [2.24, 2.45) is 5.92 Å². The summed E-state index contributed by atoms with van der Waals surface area (Å²) in [6.45, 7) is 0.621. The van der Waals surface area contributed by atoms with Crippen molar-refractivity contribution in [1.82, 2.24) is 9.97 Å². The van der Waals surface area contributed by atoms with Crippen LogP contribution in [0.1, 0.15) is 23.5 Å². The highest BCUT2D eigenvalue weighted by Crippen LogP contribution is 2.29. The van der Waals surface area contributed by atoms with Crippen molar-refractivity contribution in [1.29, 1.82) is 0 Å². The van der Waals surface area contributed by atoms with Crippen LogP contribution in [0.3, 0.4) is 0 Å². The highest BCUT2D eigenvalue weighted by Gasteiger charge is 2.22. The van der Waals surface area contributed by atoms with Crippen LogP contribution >= 0.6 is 0 Å². The third-order valence-corrected chi connectivity index (χ3v) is 1.99. The van der Waals surface area contributed by atoms with Crippen molar-refractivity contribution >= 4 is 5.97 Å². The zero-order valence-corrected chi connectivity index (χ0v) is 7.51. The van der Waals surface area contributed by atoms with E-state index in [2.05, 4.69) is 9.97 Å². The standard InChI is InChI=1S/C9H10N2O3/c12-9(13)8-10-4-3-7(11-8)14-5-6-1-2-6/h3-4,6H,1-2,5H2,(H,12,13). The monoisotopic (exact) mass is 194 g/mol. The molecule has 0 spiro atoms. The van der Waals surface area contributed by atoms with Gasteiger partial charge in [-0.15, -0.1) is 0 Å². The first-order valence-electron chi connectivity index (χ1n) is 4.45. The minimum absolute atomic E-state index is 0.224. The summed E-state index contributed by atoms with van der Waals surface area (Å²) in [5.41, 5.74) is 0. The van der Waals surface area contributed by atoms with Gasteiger partial charge in [0.15, 0.2) is 0 Å². The van der Waals surface area contributed by atoms with Crippen molar-refractivity contribution in [2.75, 3.05) is 6.61 Å². The van der Waals surface area contributed by atoms with Gasteiger partial charge in [-0.25, -0.2) is 9.78 Å². The van der Waals surface area contributed by atoms with E-state index in [-0.39, 0.29) is 5.82 Å². The van der Waals surface area contributed by atoms with Gasteiger partial charge in [0.1, 0.15) is 0 Å². The van der Waals surface area contributed by atoms with Gasteiger partial charge in [0, 0.05) is 12.3 Å². The van der Waals surface area contributed by atoms with Gasteiger partial charge in [-0.3, -0.25) is 0 Å². The molecule has 0 atom stereocenters. The molecule has 1 aliphatic rings. The highest BCUT2D eigenvalue weighted by atomic mass is 16.5. The maximum atomic E-state index is 10.5. The molecule has 5 nitrogen and oxygen atoms in total. The van der Waals surface area contributed by atoms with E-state index in [0.717, 1.165) is 0 Å². The summed E-state index contributed by atoms with van der Waals surface area (Å²) >= 11 is 0. The molecule has 0 bridgehead atoms. The number of aromatic nitrogens is 2. The molecule has 1 aromatic heterocycles. The SMILES string of the molecule is O=C(O)c1nccc(OCC2CC2)n1. The first kappa shape index (κ1) is 8.93. The lowest BCUT2D eigenvalue weighted by Crippen LogP contribution is -2.07. The Balaban J connectivity index is 2.01. The van der Waals surface area contributed by atoms with Crippen LogP contribution in [0.2, 0.25) is 0 Å². The molecule has 5 heteroatoms. The number of carboxylic acid groups (broad SMARTS) is 1. The maximum absolute atomic E-state index is 10.5. The Bertz CT molecular complexity index is 350. The van der Waals surface area contributed by atoms with Gasteiger partial charge >= 0.3 is 5.97 Å². The Morgan fingerprint density at radius 1 is 1.64 bits per heavy atom. The van der Waals surface area contributed by atoms with Crippen LogP contribution in [-0.2, 0) is 0 Å². The average molecular weight is 194 g/mol. The molecule has 2 rings (SSSR count). The molecular formula is C9H10N2O3. The van der Waals surface area contributed by atoms with Gasteiger partial charge in [-0.05, 0) is 18.8 Å². The molecule has 0 radical (unpaired) electrons. The van der Waals surface area contributed by atoms with E-state index >= 15 is 0 Å². The molecule has 14 heavy (non-hydrogen) atoms. The Hall–Kier alpha value is -1.65. The van der Waals surface area contributed by atoms with E-state index < -0.39 is 5.97 Å². The van der Waals surface area contributed by atoms with Gasteiger partial charge < -0.3 is 9.84 Å². The number of rotatable bonds is 4. The predicted octanol–water partition coefficient (Wildman–Crippen LogP) is 0.964. The fourth-order valence-electron chi connectivity index (χ4n) is 1.01. The summed E-state index contributed by atoms with van der Waals surface area (Å²) in [4.78, 5) is 17.9. The molecule has 0 amide bonds. The Labute approximate surface area is 80.8 Å². The molecule has 1 N–H and O–H groups in total. The number of hydrogen-bond acceptors (Lipinski definition) is 4. The van der Waals surface area contributed by atoms with Crippen LogP contribution < -0.4 is 4.74 Å². The van der Waals surface area contributed by atoms with Gasteiger partial charge in [0.25, 0.3) is 0 Å². The topological polar surface area (TPSA) is 72.3 Å². The van der Waals surface area contributed by atoms with Gasteiger partial charge in [-0.2, -0.15) is 4.98 Å². The van der Waals surface area contributed by atoms with E-state index in [4.69, 9.17) is 9.84 Å². The zero-order chi connectivity index (χ0) is 9.97. The molecule has 1 saturated carbocycles. The largest absolute Gasteiger partial charge is 0.477 e. The Morgan fingerprint density at radius 2 is 2.43 bits per heavy atom. The number of ether oxygens (including phenoxy) is 1. The second-order valence-electron chi connectivity index (χ2n) is 3.28. The minimum atomic E-state index is -1.14. The lowest BCUT2D eigenvalue weighted by Gasteiger charge is -2.03. The number of carboxylic acids is 1. The first-order valence-corrected chi connectivity index (χ1v) is 4.45. The van der Waals surface area contributed by atoms with Gasteiger partial charge in [0.2, 0.25) is 11.7 Å². The number of aromatic carboxylic acids is 1. The van der Waals surface area contributed by atoms with E-state index in [1.165, 1.54) is 19.0 Å². The molecule has 1 heterocycles. The zero-order valence-electron chi connectivity index (χ0n) is 7.51. The normalized spacial score (nSPS) is 15.1. The quantitative estimate of drug-likeness (QED) is 0.772. The molecule has 0 aromatic carbocycles. The molecule has 0 aliphatic heterocycles. The first-order chi connectivity index (χ1) is 6.75. The van der Waals surface area contributed by atoms with Crippen molar-refractivity contribution in [3.05, 3.63) is 18.1 Å². The second kappa shape index (κ2) is 3.61. The highest BCUT2D eigenvalue weighted by molar-refractivity contribution is 5.83. The van der Waals surface area contributed by atoms with E-state index in [1.807, 2.05) is 0 Å². The molecule has 1 fully saturated rings. The van der Waals surface area contributed by atoms with Crippen molar-refractivity contribution < 1.29 is 14.6 Å². The second-order valence-corrected chi connectivity index (χ2v) is 3.28. The third kappa shape index (κ3) is 2.18. The summed E-state index contributed by atoms with van der Waals surface area (Å²) in [6, 6.07) is 1.56. The summed E-state index contributed by atoms with van der Waals surface area (Å²) in [6.07, 6.45) is 3.77. The lowest BCUT2D eigenvalue weighted by molar-refractivity contribution is 0.0682. The van der Waals surface area contributed by atoms with Crippen molar-refractivity contribution in [3.63, 3.8) is 0 Å². The van der Waals surface area contributed by atoms with Crippen LogP contribution in [0.15, 0.2) is 12.3 Å². The van der Waals surface area contributed by atoms with Crippen molar-refractivity contribution in [2.45, 2.75) is 12.8 Å². The van der Waals surface area contributed by atoms with E-state index in [1.54, 1.807) is 6.07 Å². The minimum Gasteiger partial charge on any atom is -0.477 e. The fourth-order valence-corrected chi connectivity index (χ4v) is 1.01. The summed E-state index contributed by atoms with van der Waals surface area (Å²) in [7, 11) is 0. The molecule has 74 valence electrons. The summed E-state index contributed by atoms with van der Waals surface area (Å²) in [5, 5.41) is 8.62. The van der Waals surface area contributed by atoms with E-state index in [9.17, 15) is 4.79 Å². The van der Waals surface area contributed by atoms with Crippen LogP contribution in [0.25, 0.3) is 0 Å². The van der Waals surface area contributed by atoms with E-state index in [0.29, 0.717) is 18.4 Å². The smallest absolute Gasteiger partial charge is 0.374 e. The number of carbonyl (C=O) groups is 1. The maximum Gasteiger partial charge on any atom is 0.374 e. The van der Waals surface area contributed by atoms with Gasteiger partial charge in [0.05, 0.1) is 6.61 Å². The summed E-state index contributed by atoms with van der Waals surface area (Å²) < 4.78 is 5.31. The summed E-state index contributed by atoms with van der Waals surface area (Å²) in [5.74, 6) is -0.400. The third-order valence-electron chi connectivity index (χ3n) is 1.99. The molecule has 0 saturated heterocycles. The molecule has 1 aliphatic carbocycles.